The molecule has 0 unspecified atom stereocenters. The SMILES string of the molecule is CCCCCC1CCC2(CC1)C(=O)C1(CCC(C3CCC(CCC)CC3)CC1)[C@@H]2F. The molecule has 0 aromatic carbocycles. The zero-order valence-electron chi connectivity index (χ0n) is 19.9. The van der Waals surface area contributed by atoms with Crippen LogP contribution in [0.4, 0.5) is 4.39 Å². The Hall–Kier alpha value is -0.400. The van der Waals surface area contributed by atoms with E-state index in [0.717, 1.165) is 75.0 Å². The fourth-order valence-corrected chi connectivity index (χ4v) is 8.29. The maximum atomic E-state index is 15.8. The number of hydrogen-bond acceptors (Lipinski definition) is 1. The van der Waals surface area contributed by atoms with Crippen molar-refractivity contribution in [3.05, 3.63) is 0 Å². The van der Waals surface area contributed by atoms with Crippen LogP contribution in [-0.2, 0) is 4.79 Å². The second kappa shape index (κ2) is 9.62. The molecule has 4 fully saturated rings. The molecule has 4 aliphatic carbocycles. The van der Waals surface area contributed by atoms with Crippen molar-refractivity contribution in [3.63, 3.8) is 0 Å². The van der Waals surface area contributed by atoms with Gasteiger partial charge in [0.2, 0.25) is 0 Å². The lowest BCUT2D eigenvalue weighted by Gasteiger charge is -2.61. The van der Waals surface area contributed by atoms with Crippen molar-refractivity contribution in [2.45, 2.75) is 136 Å². The lowest BCUT2D eigenvalue weighted by atomic mass is 9.41. The summed E-state index contributed by atoms with van der Waals surface area (Å²) in [5, 5.41) is 0. The van der Waals surface area contributed by atoms with Gasteiger partial charge >= 0.3 is 0 Å². The molecule has 0 saturated heterocycles. The first-order valence-electron chi connectivity index (χ1n) is 13.7. The van der Waals surface area contributed by atoms with Gasteiger partial charge < -0.3 is 0 Å². The Morgan fingerprint density at radius 2 is 1.23 bits per heavy atom. The summed E-state index contributed by atoms with van der Waals surface area (Å²) >= 11 is 0. The van der Waals surface area contributed by atoms with E-state index in [4.69, 9.17) is 0 Å². The Morgan fingerprint density at radius 3 is 1.77 bits per heavy atom. The van der Waals surface area contributed by atoms with Crippen LogP contribution in [-0.4, -0.2) is 12.0 Å². The highest BCUT2D eigenvalue weighted by Crippen LogP contribution is 2.66. The third-order valence-corrected chi connectivity index (χ3v) is 10.3. The van der Waals surface area contributed by atoms with Crippen LogP contribution >= 0.6 is 0 Å². The predicted molar refractivity (Wildman–Crippen MR) is 123 cm³/mol. The summed E-state index contributed by atoms with van der Waals surface area (Å²) in [6.45, 7) is 4.56. The maximum absolute atomic E-state index is 15.8. The number of Topliss-reactive ketones (excluding diaryl/α,β-unsaturated/α-hetero) is 1. The first-order chi connectivity index (χ1) is 14.6. The van der Waals surface area contributed by atoms with Crippen LogP contribution in [0.1, 0.15) is 129 Å². The molecule has 0 bridgehead atoms. The molecule has 172 valence electrons. The monoisotopic (exact) mass is 418 g/mol. The lowest BCUT2D eigenvalue weighted by molar-refractivity contribution is -0.194. The molecule has 1 atom stereocenters. The smallest absolute Gasteiger partial charge is 0.151 e. The zero-order chi connectivity index (χ0) is 21.2. The Morgan fingerprint density at radius 1 is 0.700 bits per heavy atom. The largest absolute Gasteiger partial charge is 0.298 e. The van der Waals surface area contributed by atoms with Crippen LogP contribution in [0.25, 0.3) is 0 Å². The van der Waals surface area contributed by atoms with Gasteiger partial charge in [-0.25, -0.2) is 4.39 Å². The minimum atomic E-state index is -0.838. The fraction of sp³-hybridized carbons (Fsp3) is 0.964. The molecule has 0 radical (unpaired) electrons. The summed E-state index contributed by atoms with van der Waals surface area (Å²) in [6.07, 6.45) is 20.5. The van der Waals surface area contributed by atoms with Crippen molar-refractivity contribution in [2.24, 2.45) is 34.5 Å². The summed E-state index contributed by atoms with van der Waals surface area (Å²) in [4.78, 5) is 13.5. The molecule has 4 saturated carbocycles. The van der Waals surface area contributed by atoms with E-state index in [1.54, 1.807) is 0 Å². The quantitative estimate of drug-likeness (QED) is 0.379. The minimum absolute atomic E-state index is 0.361. The molecule has 0 aliphatic heterocycles. The van der Waals surface area contributed by atoms with E-state index in [1.807, 2.05) is 0 Å². The molecule has 30 heavy (non-hydrogen) atoms. The highest BCUT2D eigenvalue weighted by atomic mass is 19.1. The average Bonchev–Trinajstić information content (AvgIpc) is 2.80. The van der Waals surface area contributed by atoms with Gasteiger partial charge in [0, 0.05) is 0 Å². The van der Waals surface area contributed by atoms with Crippen molar-refractivity contribution in [3.8, 4) is 0 Å². The molecule has 1 nitrogen and oxygen atoms in total. The molecule has 0 N–H and O–H groups in total. The molecule has 0 amide bonds. The van der Waals surface area contributed by atoms with Gasteiger partial charge in [-0.05, 0) is 87.9 Å². The summed E-state index contributed by atoms with van der Waals surface area (Å²) in [5.74, 6) is 3.69. The number of carbonyl (C=O) groups excluding carboxylic acids is 1. The predicted octanol–water partition coefficient (Wildman–Crippen LogP) is 8.45. The second-order valence-corrected chi connectivity index (χ2v) is 11.9. The van der Waals surface area contributed by atoms with Gasteiger partial charge in [0.1, 0.15) is 6.17 Å². The normalized spacial score (nSPS) is 44.4. The number of unbranched alkanes of at least 4 members (excludes halogenated alkanes) is 2. The number of alkyl halides is 1. The summed E-state index contributed by atoms with van der Waals surface area (Å²) in [6, 6.07) is 0. The van der Waals surface area contributed by atoms with Crippen molar-refractivity contribution < 1.29 is 9.18 Å². The van der Waals surface area contributed by atoms with Gasteiger partial charge in [-0.3, -0.25) is 4.79 Å². The first-order valence-corrected chi connectivity index (χ1v) is 13.7. The van der Waals surface area contributed by atoms with Gasteiger partial charge in [0.05, 0.1) is 10.8 Å². The number of carbonyl (C=O) groups is 1. The van der Waals surface area contributed by atoms with E-state index in [1.165, 1.54) is 64.2 Å². The minimum Gasteiger partial charge on any atom is -0.298 e. The van der Waals surface area contributed by atoms with Crippen molar-refractivity contribution in [1.82, 2.24) is 0 Å². The molecule has 2 heteroatoms. The number of hydrogen-bond donors (Lipinski definition) is 0. The van der Waals surface area contributed by atoms with Gasteiger partial charge in [0.25, 0.3) is 0 Å². The van der Waals surface area contributed by atoms with Crippen LogP contribution in [0.5, 0.6) is 0 Å². The second-order valence-electron chi connectivity index (χ2n) is 11.9. The Bertz CT molecular complexity index is 559. The van der Waals surface area contributed by atoms with Gasteiger partial charge in [0.15, 0.2) is 5.78 Å². The van der Waals surface area contributed by atoms with E-state index < -0.39 is 17.0 Å². The maximum Gasteiger partial charge on any atom is 0.151 e. The average molecular weight is 419 g/mol. The Labute approximate surface area is 185 Å². The highest BCUT2D eigenvalue weighted by molar-refractivity contribution is 5.98. The van der Waals surface area contributed by atoms with Crippen molar-refractivity contribution >= 4 is 5.78 Å². The van der Waals surface area contributed by atoms with Crippen molar-refractivity contribution in [1.29, 1.82) is 0 Å². The van der Waals surface area contributed by atoms with Crippen LogP contribution < -0.4 is 0 Å². The van der Waals surface area contributed by atoms with E-state index in [0.29, 0.717) is 5.78 Å². The van der Waals surface area contributed by atoms with E-state index in [9.17, 15) is 4.79 Å². The molecule has 0 heterocycles. The number of ketones is 1. The molecule has 0 aromatic rings. The molecule has 4 rings (SSSR count). The van der Waals surface area contributed by atoms with Crippen LogP contribution in [0, 0.1) is 34.5 Å². The standard InChI is InChI=1S/C28H47FO/c1-3-5-6-8-22-13-17-27(18-14-22)25(29)28(26(27)30)19-15-24(16-20-28)23-11-9-21(7-4-2)10-12-23/h21-25H,3-20H2,1-2H3/t21?,22?,23?,24?,25-,27?,28?/m1/s1. The lowest BCUT2D eigenvalue weighted by Crippen LogP contribution is -2.69. The molecular formula is C28H47FO. The molecule has 0 aromatic heterocycles. The van der Waals surface area contributed by atoms with Crippen LogP contribution in [0.3, 0.4) is 0 Å². The molecular weight excluding hydrogens is 371 g/mol. The topological polar surface area (TPSA) is 17.1 Å². The zero-order valence-corrected chi connectivity index (χ0v) is 19.9. The van der Waals surface area contributed by atoms with E-state index in [-0.39, 0.29) is 0 Å². The summed E-state index contributed by atoms with van der Waals surface area (Å²) < 4.78 is 15.8. The van der Waals surface area contributed by atoms with Crippen LogP contribution in [0.2, 0.25) is 0 Å². The summed E-state index contributed by atoms with van der Waals surface area (Å²) in [5.41, 5.74) is -1.13. The van der Waals surface area contributed by atoms with Crippen molar-refractivity contribution in [2.75, 3.05) is 0 Å². The highest BCUT2D eigenvalue weighted by Gasteiger charge is 2.71. The third kappa shape index (κ3) is 4.03. The van der Waals surface area contributed by atoms with Gasteiger partial charge in [-0.15, -0.1) is 0 Å². The first kappa shape index (κ1) is 22.8. The fourth-order valence-electron chi connectivity index (χ4n) is 8.29. The number of rotatable bonds is 7. The number of halogens is 1. The Kier molecular flexibility index (Phi) is 7.30. The van der Waals surface area contributed by atoms with E-state index in [2.05, 4.69) is 13.8 Å². The summed E-state index contributed by atoms with van der Waals surface area (Å²) in [7, 11) is 0. The van der Waals surface area contributed by atoms with Crippen LogP contribution in [0.15, 0.2) is 0 Å². The van der Waals surface area contributed by atoms with Gasteiger partial charge in [-0.1, -0.05) is 65.2 Å². The third-order valence-electron chi connectivity index (χ3n) is 10.3. The molecule has 4 aliphatic rings. The molecule has 2 spiro atoms. The van der Waals surface area contributed by atoms with Gasteiger partial charge in [-0.2, -0.15) is 0 Å². The Balaban J connectivity index is 1.26. The van der Waals surface area contributed by atoms with E-state index >= 15 is 4.39 Å².